The molecule has 1 heterocycles. The molecule has 0 aliphatic carbocycles. The second kappa shape index (κ2) is 6.52. The van der Waals surface area contributed by atoms with Crippen LogP contribution in [0.4, 0.5) is 4.39 Å². The molecule has 0 atom stereocenters. The summed E-state index contributed by atoms with van der Waals surface area (Å²) in [5.74, 6) is -1.42. The number of rotatable bonds is 3. The van der Waals surface area contributed by atoms with Crippen molar-refractivity contribution in [2.45, 2.75) is 19.8 Å². The average molecular weight is 291 g/mol. The first-order valence-electron chi connectivity index (χ1n) is 6.97. The predicted molar refractivity (Wildman–Crippen MR) is 77.4 cm³/mol. The molecule has 21 heavy (non-hydrogen) atoms. The minimum Gasteiger partial charge on any atom is -0.478 e. The molecule has 1 N–H and O–H groups in total. The Bertz CT molecular complexity index is 575. The van der Waals surface area contributed by atoms with Crippen molar-refractivity contribution in [1.29, 1.82) is 0 Å². The number of carbonyl (C=O) groups excluding carboxylic acids is 1. The molecular weight excluding hydrogens is 273 g/mol. The van der Waals surface area contributed by atoms with Gasteiger partial charge in [-0.2, -0.15) is 0 Å². The largest absolute Gasteiger partial charge is 0.478 e. The van der Waals surface area contributed by atoms with Crippen LogP contribution in [-0.4, -0.2) is 35.0 Å². The molecule has 1 saturated heterocycles. The molecule has 0 saturated carbocycles. The summed E-state index contributed by atoms with van der Waals surface area (Å²) in [4.78, 5) is 24.4. The number of aliphatic carboxylic acids is 1. The molecule has 2 rings (SSSR count). The van der Waals surface area contributed by atoms with Crippen LogP contribution in [0.2, 0.25) is 0 Å². The Hall–Kier alpha value is -2.17. The number of hydrogen-bond acceptors (Lipinski definition) is 2. The molecule has 5 heteroatoms. The number of halogens is 1. The van der Waals surface area contributed by atoms with Crippen LogP contribution in [0.15, 0.2) is 24.3 Å². The number of hydrogen-bond donors (Lipinski definition) is 1. The Morgan fingerprint density at radius 2 is 2.00 bits per heavy atom. The van der Waals surface area contributed by atoms with Crippen LogP contribution in [-0.2, 0) is 4.79 Å². The number of benzene rings is 1. The second-order valence-corrected chi connectivity index (χ2v) is 5.39. The molecule has 0 bridgehead atoms. The number of amides is 1. The van der Waals surface area contributed by atoms with Crippen LogP contribution in [0.25, 0.3) is 6.08 Å². The third kappa shape index (κ3) is 3.90. The van der Waals surface area contributed by atoms with Crippen molar-refractivity contribution in [2.75, 3.05) is 13.1 Å². The fourth-order valence-electron chi connectivity index (χ4n) is 2.36. The Labute approximate surface area is 122 Å². The molecule has 0 radical (unpaired) electrons. The maximum Gasteiger partial charge on any atom is 0.328 e. The Kier molecular flexibility index (Phi) is 4.73. The first-order valence-corrected chi connectivity index (χ1v) is 6.97. The summed E-state index contributed by atoms with van der Waals surface area (Å²) in [7, 11) is 0. The monoisotopic (exact) mass is 291 g/mol. The highest BCUT2D eigenvalue weighted by molar-refractivity contribution is 5.95. The summed E-state index contributed by atoms with van der Waals surface area (Å²) in [6.45, 7) is 3.45. The Morgan fingerprint density at radius 1 is 1.33 bits per heavy atom. The van der Waals surface area contributed by atoms with E-state index in [0.29, 0.717) is 24.6 Å². The molecule has 1 fully saturated rings. The van der Waals surface area contributed by atoms with Crippen molar-refractivity contribution in [3.63, 3.8) is 0 Å². The number of carboxylic acids is 1. The molecular formula is C16H18FNO3. The van der Waals surface area contributed by atoms with Crippen LogP contribution >= 0.6 is 0 Å². The third-order valence-electron chi connectivity index (χ3n) is 3.71. The summed E-state index contributed by atoms with van der Waals surface area (Å²) < 4.78 is 14.0. The summed E-state index contributed by atoms with van der Waals surface area (Å²) in [6, 6.07) is 4.14. The molecule has 1 aromatic carbocycles. The van der Waals surface area contributed by atoms with Gasteiger partial charge < -0.3 is 10.0 Å². The van der Waals surface area contributed by atoms with Gasteiger partial charge in [0, 0.05) is 19.2 Å². The lowest BCUT2D eigenvalue weighted by molar-refractivity contribution is -0.131. The first kappa shape index (κ1) is 15.2. The van der Waals surface area contributed by atoms with Gasteiger partial charge in [0.25, 0.3) is 5.91 Å². The van der Waals surface area contributed by atoms with Crippen LogP contribution < -0.4 is 0 Å². The molecule has 4 nitrogen and oxygen atoms in total. The van der Waals surface area contributed by atoms with E-state index < -0.39 is 11.8 Å². The van der Waals surface area contributed by atoms with Crippen molar-refractivity contribution in [2.24, 2.45) is 5.92 Å². The predicted octanol–water partition coefficient (Wildman–Crippen LogP) is 2.80. The van der Waals surface area contributed by atoms with Crippen LogP contribution in [0.3, 0.4) is 0 Å². The molecule has 1 aliphatic rings. The van der Waals surface area contributed by atoms with E-state index in [2.05, 4.69) is 6.92 Å². The Balaban J connectivity index is 2.13. The first-order chi connectivity index (χ1) is 9.97. The van der Waals surface area contributed by atoms with Crippen LogP contribution in [0.1, 0.15) is 35.7 Å². The van der Waals surface area contributed by atoms with Gasteiger partial charge in [-0.15, -0.1) is 0 Å². The van der Waals surface area contributed by atoms with Crippen molar-refractivity contribution >= 4 is 18.0 Å². The van der Waals surface area contributed by atoms with E-state index in [-0.39, 0.29) is 11.5 Å². The molecule has 0 aromatic heterocycles. The van der Waals surface area contributed by atoms with Gasteiger partial charge >= 0.3 is 5.97 Å². The molecule has 0 spiro atoms. The zero-order valence-electron chi connectivity index (χ0n) is 11.9. The fraction of sp³-hybridized carbons (Fsp3) is 0.375. The second-order valence-electron chi connectivity index (χ2n) is 5.39. The number of carbonyl (C=O) groups is 2. The van der Waals surface area contributed by atoms with E-state index in [4.69, 9.17) is 5.11 Å². The van der Waals surface area contributed by atoms with Crippen LogP contribution in [0.5, 0.6) is 0 Å². The minimum absolute atomic E-state index is 0.0389. The normalized spacial score (nSPS) is 16.4. The van der Waals surface area contributed by atoms with E-state index in [0.717, 1.165) is 18.9 Å². The van der Waals surface area contributed by atoms with Gasteiger partial charge in [-0.1, -0.05) is 13.0 Å². The molecule has 1 amide bonds. The van der Waals surface area contributed by atoms with E-state index in [1.54, 1.807) is 11.0 Å². The van der Waals surface area contributed by atoms with Gasteiger partial charge in [-0.25, -0.2) is 9.18 Å². The SMILES string of the molecule is CC1CCN(C(=O)c2ccc(C=CC(=O)O)cc2F)CC1. The van der Waals surface area contributed by atoms with Gasteiger partial charge in [0.05, 0.1) is 5.56 Å². The van der Waals surface area contributed by atoms with E-state index in [9.17, 15) is 14.0 Å². The topological polar surface area (TPSA) is 57.6 Å². The van der Waals surface area contributed by atoms with E-state index in [1.165, 1.54) is 18.2 Å². The zero-order valence-corrected chi connectivity index (χ0v) is 11.9. The fourth-order valence-corrected chi connectivity index (χ4v) is 2.36. The highest BCUT2D eigenvalue weighted by atomic mass is 19.1. The van der Waals surface area contributed by atoms with Crippen molar-refractivity contribution in [3.8, 4) is 0 Å². The smallest absolute Gasteiger partial charge is 0.328 e. The van der Waals surface area contributed by atoms with Gasteiger partial charge in [0.1, 0.15) is 5.82 Å². The number of nitrogens with zero attached hydrogens (tertiary/aromatic N) is 1. The van der Waals surface area contributed by atoms with E-state index >= 15 is 0 Å². The lowest BCUT2D eigenvalue weighted by Gasteiger charge is -2.30. The van der Waals surface area contributed by atoms with Crippen LogP contribution in [0, 0.1) is 11.7 Å². The quantitative estimate of drug-likeness (QED) is 0.871. The highest BCUT2D eigenvalue weighted by Crippen LogP contribution is 2.20. The summed E-state index contributed by atoms with van der Waals surface area (Å²) in [5.41, 5.74) is 0.454. The van der Waals surface area contributed by atoms with Crippen molar-refractivity contribution < 1.29 is 19.1 Å². The van der Waals surface area contributed by atoms with Gasteiger partial charge in [0.15, 0.2) is 0 Å². The van der Waals surface area contributed by atoms with Crippen molar-refractivity contribution in [3.05, 3.63) is 41.2 Å². The van der Waals surface area contributed by atoms with E-state index in [1.807, 2.05) is 0 Å². The molecule has 0 unspecified atom stereocenters. The van der Waals surface area contributed by atoms with Gasteiger partial charge in [-0.05, 0) is 42.5 Å². The molecule has 1 aliphatic heterocycles. The molecule has 112 valence electrons. The summed E-state index contributed by atoms with van der Waals surface area (Å²) in [6.07, 6.45) is 4.10. The lowest BCUT2D eigenvalue weighted by Crippen LogP contribution is -2.38. The van der Waals surface area contributed by atoms with Gasteiger partial charge in [-0.3, -0.25) is 4.79 Å². The highest BCUT2D eigenvalue weighted by Gasteiger charge is 2.23. The number of carboxylic acid groups (broad SMARTS) is 1. The lowest BCUT2D eigenvalue weighted by atomic mass is 9.98. The Morgan fingerprint density at radius 3 is 2.57 bits per heavy atom. The molecule has 1 aromatic rings. The van der Waals surface area contributed by atoms with Crippen molar-refractivity contribution in [1.82, 2.24) is 4.90 Å². The maximum atomic E-state index is 14.0. The zero-order chi connectivity index (χ0) is 15.4. The maximum absolute atomic E-state index is 14.0. The summed E-state index contributed by atoms with van der Waals surface area (Å²) >= 11 is 0. The summed E-state index contributed by atoms with van der Waals surface area (Å²) in [5, 5.41) is 8.54. The van der Waals surface area contributed by atoms with Gasteiger partial charge in [0.2, 0.25) is 0 Å². The average Bonchev–Trinajstić information content (AvgIpc) is 2.45. The minimum atomic E-state index is -1.10. The number of likely N-dealkylation sites (tertiary alicyclic amines) is 1. The standard InChI is InChI=1S/C16H18FNO3/c1-11-6-8-18(9-7-11)16(21)13-4-2-12(10-14(13)17)3-5-15(19)20/h2-5,10-11H,6-9H2,1H3,(H,19,20). The third-order valence-corrected chi connectivity index (χ3v) is 3.71. The number of piperidine rings is 1.